The second-order valence-electron chi connectivity index (χ2n) is 6.33. The van der Waals surface area contributed by atoms with E-state index in [0.29, 0.717) is 19.1 Å². The molecular weight excluding hydrogens is 284 g/mol. The van der Waals surface area contributed by atoms with E-state index < -0.39 is 0 Å². The molecule has 0 radical (unpaired) electrons. The first-order valence-corrected chi connectivity index (χ1v) is 8.35. The highest BCUT2D eigenvalue weighted by atomic mass is 16.2. The fraction of sp³-hybridized carbons (Fsp3) is 0.350. The van der Waals surface area contributed by atoms with Crippen molar-refractivity contribution in [3.63, 3.8) is 0 Å². The van der Waals surface area contributed by atoms with Crippen molar-refractivity contribution in [2.45, 2.75) is 44.9 Å². The van der Waals surface area contributed by atoms with Crippen LogP contribution in [-0.4, -0.2) is 22.9 Å². The molecule has 23 heavy (non-hydrogen) atoms. The maximum Gasteiger partial charge on any atom is 0.240 e. The predicted molar refractivity (Wildman–Crippen MR) is 92.8 cm³/mol. The molecule has 1 aliphatic carbocycles. The second-order valence-corrected chi connectivity index (χ2v) is 6.33. The average molecular weight is 308 g/mol. The lowest BCUT2D eigenvalue weighted by atomic mass is 10.1. The Hall–Kier alpha value is -2.13. The fourth-order valence-corrected chi connectivity index (χ4v) is 2.77. The summed E-state index contributed by atoms with van der Waals surface area (Å²) >= 11 is 0. The first-order chi connectivity index (χ1) is 11.2. The van der Waals surface area contributed by atoms with E-state index in [1.807, 2.05) is 48.2 Å². The molecule has 1 fully saturated rings. The summed E-state index contributed by atoms with van der Waals surface area (Å²) in [7, 11) is 0. The summed E-state index contributed by atoms with van der Waals surface area (Å²) in [4.78, 5) is 14.8. The van der Waals surface area contributed by atoms with Gasteiger partial charge in [-0.15, -0.1) is 0 Å². The number of amides is 1. The molecule has 1 N–H and O–H groups in total. The van der Waals surface area contributed by atoms with Crippen molar-refractivity contribution in [3.05, 3.63) is 71.8 Å². The molecule has 3 nitrogen and oxygen atoms in total. The minimum absolute atomic E-state index is 0.130. The minimum Gasteiger partial charge on any atom is -0.333 e. The third kappa shape index (κ3) is 4.67. The Bertz CT molecular complexity index is 581. The molecule has 1 atom stereocenters. The molecule has 1 amide bonds. The van der Waals surface area contributed by atoms with Crippen molar-refractivity contribution in [1.82, 2.24) is 10.2 Å². The molecule has 2 aromatic rings. The summed E-state index contributed by atoms with van der Waals surface area (Å²) in [5.74, 6) is 0.171. The van der Waals surface area contributed by atoms with Crippen molar-refractivity contribution < 1.29 is 4.79 Å². The van der Waals surface area contributed by atoms with Crippen LogP contribution >= 0.6 is 0 Å². The SMILES string of the molecule is CC(NC1CC1)C(=O)N(Cc1ccccc1)Cc1ccccc1. The average Bonchev–Trinajstić information content (AvgIpc) is 3.39. The first-order valence-electron chi connectivity index (χ1n) is 8.35. The van der Waals surface area contributed by atoms with Gasteiger partial charge in [-0.25, -0.2) is 0 Å². The topological polar surface area (TPSA) is 32.3 Å². The number of carbonyl (C=O) groups is 1. The molecule has 1 unspecified atom stereocenters. The zero-order chi connectivity index (χ0) is 16.1. The molecule has 0 bridgehead atoms. The summed E-state index contributed by atoms with van der Waals surface area (Å²) in [6.07, 6.45) is 2.38. The van der Waals surface area contributed by atoms with Crippen molar-refractivity contribution in [2.24, 2.45) is 0 Å². The van der Waals surface area contributed by atoms with Crippen molar-refractivity contribution in [2.75, 3.05) is 0 Å². The molecule has 3 heteroatoms. The molecule has 120 valence electrons. The molecule has 1 aliphatic rings. The third-order valence-corrected chi connectivity index (χ3v) is 4.18. The van der Waals surface area contributed by atoms with Gasteiger partial charge in [0.2, 0.25) is 5.91 Å². The van der Waals surface area contributed by atoms with E-state index >= 15 is 0 Å². The summed E-state index contributed by atoms with van der Waals surface area (Å²) in [5.41, 5.74) is 2.32. The van der Waals surface area contributed by atoms with Crippen molar-refractivity contribution in [1.29, 1.82) is 0 Å². The van der Waals surface area contributed by atoms with Gasteiger partial charge in [-0.2, -0.15) is 0 Å². The van der Waals surface area contributed by atoms with Gasteiger partial charge in [0.05, 0.1) is 6.04 Å². The number of nitrogens with one attached hydrogen (secondary N) is 1. The number of carbonyl (C=O) groups excluding carboxylic acids is 1. The van der Waals surface area contributed by atoms with Gasteiger partial charge in [0, 0.05) is 19.1 Å². The number of rotatable bonds is 7. The van der Waals surface area contributed by atoms with E-state index in [2.05, 4.69) is 29.6 Å². The molecule has 0 heterocycles. The first kappa shape index (κ1) is 15.8. The highest BCUT2D eigenvalue weighted by Gasteiger charge is 2.28. The van der Waals surface area contributed by atoms with E-state index in [4.69, 9.17) is 0 Å². The molecular formula is C20H24N2O. The van der Waals surface area contributed by atoms with Crippen LogP contribution in [0.2, 0.25) is 0 Å². The van der Waals surface area contributed by atoms with E-state index in [0.717, 1.165) is 11.1 Å². The van der Waals surface area contributed by atoms with E-state index in [-0.39, 0.29) is 11.9 Å². The largest absolute Gasteiger partial charge is 0.333 e. The molecule has 0 aromatic heterocycles. The van der Waals surface area contributed by atoms with Crippen LogP contribution in [0.5, 0.6) is 0 Å². The molecule has 1 saturated carbocycles. The van der Waals surface area contributed by atoms with Crippen LogP contribution < -0.4 is 5.32 Å². The Morgan fingerprint density at radius 3 is 1.91 bits per heavy atom. The summed E-state index contributed by atoms with van der Waals surface area (Å²) in [6, 6.07) is 20.8. The Labute approximate surface area is 138 Å². The summed E-state index contributed by atoms with van der Waals surface area (Å²) < 4.78 is 0. The highest BCUT2D eigenvalue weighted by molar-refractivity contribution is 5.81. The minimum atomic E-state index is -0.130. The smallest absolute Gasteiger partial charge is 0.240 e. The van der Waals surface area contributed by atoms with Gasteiger partial charge < -0.3 is 10.2 Å². The molecule has 3 rings (SSSR count). The lowest BCUT2D eigenvalue weighted by Crippen LogP contribution is -2.45. The summed E-state index contributed by atoms with van der Waals surface area (Å²) in [5, 5.41) is 3.41. The fourth-order valence-electron chi connectivity index (χ4n) is 2.77. The van der Waals surface area contributed by atoms with Crippen LogP contribution in [-0.2, 0) is 17.9 Å². The lowest BCUT2D eigenvalue weighted by Gasteiger charge is -2.26. The molecule has 0 spiro atoms. The Morgan fingerprint density at radius 1 is 1.00 bits per heavy atom. The molecule has 0 saturated heterocycles. The van der Waals surface area contributed by atoms with Gasteiger partial charge in [0.1, 0.15) is 0 Å². The number of hydrogen-bond acceptors (Lipinski definition) is 2. The second kappa shape index (κ2) is 7.42. The van der Waals surface area contributed by atoms with Gasteiger partial charge in [-0.05, 0) is 30.9 Å². The standard InChI is InChI=1S/C20H24N2O/c1-16(21-19-12-13-19)20(23)22(14-17-8-4-2-5-9-17)15-18-10-6-3-7-11-18/h2-11,16,19,21H,12-15H2,1H3. The number of nitrogens with zero attached hydrogens (tertiary/aromatic N) is 1. The van der Waals surface area contributed by atoms with Crippen molar-refractivity contribution in [3.8, 4) is 0 Å². The third-order valence-electron chi connectivity index (χ3n) is 4.18. The zero-order valence-corrected chi connectivity index (χ0v) is 13.6. The normalized spacial score (nSPS) is 15.2. The molecule has 2 aromatic carbocycles. The lowest BCUT2D eigenvalue weighted by molar-refractivity contribution is -0.134. The number of benzene rings is 2. The Kier molecular flexibility index (Phi) is 5.09. The van der Waals surface area contributed by atoms with E-state index in [1.165, 1.54) is 12.8 Å². The van der Waals surface area contributed by atoms with Crippen LogP contribution in [0.1, 0.15) is 30.9 Å². The van der Waals surface area contributed by atoms with Crippen LogP contribution in [0.4, 0.5) is 0 Å². The number of hydrogen-bond donors (Lipinski definition) is 1. The van der Waals surface area contributed by atoms with Crippen LogP contribution in [0.3, 0.4) is 0 Å². The van der Waals surface area contributed by atoms with Gasteiger partial charge in [0.15, 0.2) is 0 Å². The Balaban J connectivity index is 1.72. The maximum absolute atomic E-state index is 12.9. The quantitative estimate of drug-likeness (QED) is 0.850. The van der Waals surface area contributed by atoms with E-state index in [9.17, 15) is 4.79 Å². The predicted octanol–water partition coefficient (Wildman–Crippen LogP) is 3.36. The Morgan fingerprint density at radius 2 is 1.48 bits per heavy atom. The van der Waals surface area contributed by atoms with Crippen molar-refractivity contribution >= 4 is 5.91 Å². The van der Waals surface area contributed by atoms with Crippen LogP contribution in [0.25, 0.3) is 0 Å². The maximum atomic E-state index is 12.9. The molecule has 0 aliphatic heterocycles. The van der Waals surface area contributed by atoms with Gasteiger partial charge in [-0.3, -0.25) is 4.79 Å². The van der Waals surface area contributed by atoms with Crippen LogP contribution in [0.15, 0.2) is 60.7 Å². The highest BCUT2D eigenvalue weighted by Crippen LogP contribution is 2.20. The van der Waals surface area contributed by atoms with E-state index in [1.54, 1.807) is 0 Å². The summed E-state index contributed by atoms with van der Waals surface area (Å²) in [6.45, 7) is 3.26. The zero-order valence-electron chi connectivity index (χ0n) is 13.6. The monoisotopic (exact) mass is 308 g/mol. The van der Waals surface area contributed by atoms with Gasteiger partial charge in [-0.1, -0.05) is 60.7 Å². The van der Waals surface area contributed by atoms with Gasteiger partial charge in [0.25, 0.3) is 0 Å². The van der Waals surface area contributed by atoms with Gasteiger partial charge >= 0.3 is 0 Å². The van der Waals surface area contributed by atoms with Crippen LogP contribution in [0, 0.1) is 0 Å².